The second kappa shape index (κ2) is 16.3. The lowest BCUT2D eigenvalue weighted by Crippen LogP contribution is -2.34. The predicted molar refractivity (Wildman–Crippen MR) is 151 cm³/mol. The number of imide groups is 1. The molecule has 4 atom stereocenters. The van der Waals surface area contributed by atoms with E-state index in [-0.39, 0.29) is 31.0 Å². The summed E-state index contributed by atoms with van der Waals surface area (Å²) in [5.74, 6) is -0.659. The van der Waals surface area contributed by atoms with E-state index in [1.165, 1.54) is 6.20 Å². The average Bonchev–Trinajstić information content (AvgIpc) is 3.19. The van der Waals surface area contributed by atoms with Crippen LogP contribution < -0.4 is 10.4 Å². The summed E-state index contributed by atoms with van der Waals surface area (Å²) in [5.41, 5.74) is -0.177. The summed E-state index contributed by atoms with van der Waals surface area (Å²) in [5, 5.41) is 4.55. The summed E-state index contributed by atoms with van der Waals surface area (Å²) < 4.78 is 22.9. The molecule has 0 radical (unpaired) electrons. The Hall–Kier alpha value is -1.05. The van der Waals surface area contributed by atoms with Crippen LogP contribution in [0.2, 0.25) is 0 Å². The van der Waals surface area contributed by atoms with Crippen molar-refractivity contribution in [1.82, 2.24) is 15.3 Å². The number of esters is 1. The van der Waals surface area contributed by atoms with Crippen LogP contribution in [0.25, 0.3) is 0 Å². The minimum Gasteiger partial charge on any atom is -0.462 e. The van der Waals surface area contributed by atoms with Crippen LogP contribution in [-0.2, 0) is 49.5 Å². The second-order valence-corrected chi connectivity index (χ2v) is 14.8. The molecule has 1 heterocycles. The van der Waals surface area contributed by atoms with Crippen LogP contribution in [0.1, 0.15) is 48.0 Å². The van der Waals surface area contributed by atoms with Gasteiger partial charge >= 0.3 is 5.97 Å². The highest BCUT2D eigenvalue weighted by molar-refractivity contribution is 8.13. The fourth-order valence-electron chi connectivity index (χ4n) is 3.05. The molecule has 3 unspecified atom stereocenters. The number of rotatable bonds is 15. The zero-order valence-corrected chi connectivity index (χ0v) is 26.1. The number of nitrogens with one attached hydrogen (secondary N) is 2. The summed E-state index contributed by atoms with van der Waals surface area (Å²) >= 11 is 13.3. The van der Waals surface area contributed by atoms with Gasteiger partial charge in [-0.15, -0.1) is 11.6 Å². The summed E-state index contributed by atoms with van der Waals surface area (Å²) in [6.45, 7) is 7.38. The van der Waals surface area contributed by atoms with Gasteiger partial charge < -0.3 is 23.4 Å². The first-order valence-corrected chi connectivity index (χ1v) is 16.1. The molecule has 0 aromatic carbocycles. The maximum absolute atomic E-state index is 12.2. The molecule has 0 aromatic rings. The molecule has 1 saturated heterocycles. The van der Waals surface area contributed by atoms with Crippen molar-refractivity contribution in [3.63, 3.8) is 0 Å². The van der Waals surface area contributed by atoms with Gasteiger partial charge in [0.1, 0.15) is 12.8 Å². The Kier molecular flexibility index (Phi) is 15.0. The van der Waals surface area contributed by atoms with E-state index in [4.69, 9.17) is 41.9 Å². The van der Waals surface area contributed by atoms with Gasteiger partial charge in [-0.05, 0) is 39.0 Å². The van der Waals surface area contributed by atoms with Crippen LogP contribution >= 0.6 is 30.0 Å². The van der Waals surface area contributed by atoms with Gasteiger partial charge in [0.25, 0.3) is 12.5 Å². The van der Waals surface area contributed by atoms with Crippen molar-refractivity contribution in [2.45, 2.75) is 71.8 Å². The molecule has 11 nitrogen and oxygen atoms in total. The number of amides is 2. The lowest BCUT2D eigenvalue weighted by Gasteiger charge is -2.27. The molecule has 15 heteroatoms. The highest BCUT2D eigenvalue weighted by Gasteiger charge is 2.37. The monoisotopic (exact) mass is 615 g/mol. The van der Waals surface area contributed by atoms with E-state index in [2.05, 4.69) is 10.4 Å². The van der Waals surface area contributed by atoms with E-state index in [0.717, 1.165) is 11.8 Å². The zero-order chi connectivity index (χ0) is 29.1. The van der Waals surface area contributed by atoms with Crippen molar-refractivity contribution >= 4 is 65.2 Å². The molecule has 1 aliphatic heterocycles. The number of halogens is 1. The van der Waals surface area contributed by atoms with E-state index in [9.17, 15) is 19.2 Å². The number of hydrogen-bond donors (Lipinski definition) is 2. The Morgan fingerprint density at radius 3 is 2.53 bits per heavy atom. The standard InChI is InChI=1S/C23H39ClN3O8PS2/c1-15(2)34-19(29)11-26-36(37,32-8-9-38-22(31)23(4,5)6)33-13-17-10-18(24)21(35-17)27(7)12-16(3)20(30)25-14-28/h12,14-15,17-18,21H,8-11,13H2,1-7H3,(H,26,37)(H,25,28,30)/b16-12-/t17?,18?,21?,36-/m1/s1. The van der Waals surface area contributed by atoms with E-state index in [1.54, 1.807) is 32.7 Å². The highest BCUT2D eigenvalue weighted by Crippen LogP contribution is 2.45. The molecule has 0 aromatic heterocycles. The molecule has 1 aliphatic rings. The summed E-state index contributed by atoms with van der Waals surface area (Å²) in [4.78, 5) is 48.2. The quantitative estimate of drug-likeness (QED) is 0.0701. The van der Waals surface area contributed by atoms with Gasteiger partial charge in [0.05, 0.1) is 30.8 Å². The molecule has 0 bridgehead atoms. The highest BCUT2D eigenvalue weighted by atomic mass is 35.5. The number of thioether (sulfide) groups is 1. The Morgan fingerprint density at radius 2 is 1.95 bits per heavy atom. The third kappa shape index (κ3) is 12.9. The first-order valence-electron chi connectivity index (χ1n) is 12.0. The van der Waals surface area contributed by atoms with Gasteiger partial charge in [-0.25, -0.2) is 5.09 Å². The molecule has 0 aliphatic carbocycles. The number of nitrogens with zero attached hydrogens (tertiary/aromatic N) is 1. The number of hydrogen-bond acceptors (Lipinski definition) is 11. The maximum Gasteiger partial charge on any atom is 0.320 e. The Labute approximate surface area is 239 Å². The lowest BCUT2D eigenvalue weighted by molar-refractivity contribution is -0.146. The molecule has 1 rings (SSSR count). The van der Waals surface area contributed by atoms with E-state index >= 15 is 0 Å². The van der Waals surface area contributed by atoms with Crippen molar-refractivity contribution in [3.8, 4) is 0 Å². The van der Waals surface area contributed by atoms with Crippen molar-refractivity contribution in [2.75, 3.05) is 32.6 Å². The first kappa shape index (κ1) is 35.0. The van der Waals surface area contributed by atoms with Gasteiger partial charge in [0, 0.05) is 30.0 Å². The molecule has 0 saturated carbocycles. The van der Waals surface area contributed by atoms with Crippen LogP contribution in [0, 0.1) is 5.41 Å². The average molecular weight is 616 g/mol. The molecule has 2 N–H and O–H groups in total. The van der Waals surface area contributed by atoms with Gasteiger partial charge in [0.2, 0.25) is 6.41 Å². The van der Waals surface area contributed by atoms with E-state index in [0.29, 0.717) is 24.2 Å². The van der Waals surface area contributed by atoms with Crippen LogP contribution in [-0.4, -0.2) is 84.7 Å². The van der Waals surface area contributed by atoms with Crippen LogP contribution in [0.5, 0.6) is 0 Å². The van der Waals surface area contributed by atoms with Gasteiger partial charge in [-0.2, -0.15) is 0 Å². The molecule has 218 valence electrons. The molecule has 1 fully saturated rings. The smallest absolute Gasteiger partial charge is 0.320 e. The van der Waals surface area contributed by atoms with Gasteiger partial charge in [-0.3, -0.25) is 24.5 Å². The first-order chi connectivity index (χ1) is 17.6. The van der Waals surface area contributed by atoms with Gasteiger partial charge in [0.15, 0.2) is 5.12 Å². The fourth-order valence-corrected chi connectivity index (χ4v) is 6.27. The summed E-state index contributed by atoms with van der Waals surface area (Å²) in [7, 11) is 1.70. The van der Waals surface area contributed by atoms with Crippen molar-refractivity contribution in [3.05, 3.63) is 11.8 Å². The van der Waals surface area contributed by atoms with Crippen LogP contribution in [0.3, 0.4) is 0 Å². The molecule has 0 spiro atoms. The van der Waals surface area contributed by atoms with Crippen molar-refractivity contribution in [1.29, 1.82) is 0 Å². The third-order valence-corrected chi connectivity index (χ3v) is 9.10. The molecule has 2 amide bonds. The van der Waals surface area contributed by atoms with Crippen LogP contribution in [0.4, 0.5) is 0 Å². The largest absolute Gasteiger partial charge is 0.462 e. The Bertz CT molecular complexity index is 916. The predicted octanol–water partition coefficient (Wildman–Crippen LogP) is 2.92. The normalized spacial score (nSPS) is 21.6. The van der Waals surface area contributed by atoms with Crippen LogP contribution in [0.15, 0.2) is 11.8 Å². The molecular formula is C23H39ClN3O8PS2. The number of carbonyl (C=O) groups is 4. The minimum absolute atomic E-state index is 0.0272. The SMILES string of the molecule is C/C(=C/N(C)C1OC(CO[P@@](=S)(NCC(=O)OC(C)C)OCCSC(=O)C(C)(C)C)CC1Cl)C(=O)NC=O. The second-order valence-electron chi connectivity index (χ2n) is 9.86. The Balaban J connectivity index is 2.77. The lowest BCUT2D eigenvalue weighted by atomic mass is 10.00. The van der Waals surface area contributed by atoms with E-state index in [1.807, 2.05) is 20.8 Å². The van der Waals surface area contributed by atoms with Crippen molar-refractivity contribution < 1.29 is 37.7 Å². The molecular weight excluding hydrogens is 577 g/mol. The minimum atomic E-state index is -3.15. The third-order valence-electron chi connectivity index (χ3n) is 4.88. The number of ether oxygens (including phenoxy) is 2. The summed E-state index contributed by atoms with van der Waals surface area (Å²) in [6.07, 6.45) is 1.01. The fraction of sp³-hybridized carbons (Fsp3) is 0.739. The maximum atomic E-state index is 12.2. The molecule has 38 heavy (non-hydrogen) atoms. The zero-order valence-electron chi connectivity index (χ0n) is 22.9. The van der Waals surface area contributed by atoms with E-state index < -0.39 is 41.6 Å². The number of alkyl halides is 1. The number of carbonyl (C=O) groups excluding carboxylic acids is 4. The Morgan fingerprint density at radius 1 is 1.29 bits per heavy atom. The van der Waals surface area contributed by atoms with Crippen molar-refractivity contribution in [2.24, 2.45) is 5.41 Å². The van der Waals surface area contributed by atoms with Gasteiger partial charge in [-0.1, -0.05) is 32.5 Å². The topological polar surface area (TPSA) is 132 Å². The summed E-state index contributed by atoms with van der Waals surface area (Å²) in [6, 6.07) is 0.